The van der Waals surface area contributed by atoms with Gasteiger partial charge in [-0.2, -0.15) is 0 Å². The van der Waals surface area contributed by atoms with Crippen LogP contribution in [0, 0.1) is 0 Å². The van der Waals surface area contributed by atoms with Crippen molar-refractivity contribution in [3.63, 3.8) is 0 Å². The molecular weight excluding hydrogens is 610 g/mol. The number of aliphatic hydroxyl groups excluding tert-OH is 1. The van der Waals surface area contributed by atoms with Crippen LogP contribution < -0.4 is 10.2 Å². The Labute approximate surface area is 281 Å². The van der Waals surface area contributed by atoms with Crippen molar-refractivity contribution in [3.8, 4) is 0 Å². The van der Waals surface area contributed by atoms with E-state index in [2.05, 4.69) is 16.8 Å². The molecule has 3 aromatic carbocycles. The number of hydrogen-bond donors (Lipinski definition) is 2. The predicted molar refractivity (Wildman–Crippen MR) is 180 cm³/mol. The van der Waals surface area contributed by atoms with Gasteiger partial charge < -0.3 is 24.6 Å². The molecule has 10 nitrogen and oxygen atoms in total. The van der Waals surface area contributed by atoms with E-state index in [-0.39, 0.29) is 31.8 Å². The van der Waals surface area contributed by atoms with Crippen LogP contribution in [0.2, 0.25) is 0 Å². The fourth-order valence-electron chi connectivity index (χ4n) is 6.84. The van der Waals surface area contributed by atoms with Crippen LogP contribution in [-0.4, -0.2) is 59.2 Å². The number of nitrogens with one attached hydrogen (secondary N) is 1. The summed E-state index contributed by atoms with van der Waals surface area (Å²) in [4.78, 5) is 42.5. The fourth-order valence-corrected chi connectivity index (χ4v) is 6.84. The molecule has 3 aliphatic rings. The quantitative estimate of drug-likeness (QED) is 0.189. The van der Waals surface area contributed by atoms with Crippen LogP contribution in [0.4, 0.5) is 10.5 Å². The zero-order valence-electron chi connectivity index (χ0n) is 27.0. The van der Waals surface area contributed by atoms with E-state index in [1.807, 2.05) is 66.7 Å². The highest BCUT2D eigenvalue weighted by Crippen LogP contribution is 2.40. The van der Waals surface area contributed by atoms with Crippen molar-refractivity contribution >= 4 is 23.6 Å². The average molecular weight is 654 g/mol. The largest absolute Gasteiger partial charge is 0.445 e. The second-order valence-corrected chi connectivity index (χ2v) is 12.7. The summed E-state index contributed by atoms with van der Waals surface area (Å²) in [5.41, 5.74) is 3.66. The third-order valence-corrected chi connectivity index (χ3v) is 9.31. The Morgan fingerprint density at radius 1 is 0.979 bits per heavy atom. The minimum absolute atomic E-state index is 0.0377. The molecule has 3 fully saturated rings. The van der Waals surface area contributed by atoms with Crippen molar-refractivity contribution in [2.24, 2.45) is 0 Å². The molecule has 2 aliphatic heterocycles. The van der Waals surface area contributed by atoms with Crippen LogP contribution in [0.1, 0.15) is 73.2 Å². The van der Waals surface area contributed by atoms with Crippen molar-refractivity contribution in [1.29, 1.82) is 0 Å². The van der Waals surface area contributed by atoms with Gasteiger partial charge in [0.1, 0.15) is 12.6 Å². The van der Waals surface area contributed by atoms with Crippen LogP contribution in [-0.2, 0) is 37.0 Å². The second kappa shape index (κ2) is 15.7. The van der Waals surface area contributed by atoms with Crippen molar-refractivity contribution in [3.05, 3.63) is 114 Å². The molecule has 10 heteroatoms. The topological polar surface area (TPSA) is 118 Å². The van der Waals surface area contributed by atoms with Gasteiger partial charge in [0.25, 0.3) is 5.91 Å². The van der Waals surface area contributed by atoms with E-state index in [1.54, 1.807) is 18.2 Å². The lowest BCUT2D eigenvalue weighted by atomic mass is 9.99. The molecule has 1 saturated carbocycles. The van der Waals surface area contributed by atoms with Crippen molar-refractivity contribution < 1.29 is 33.7 Å². The van der Waals surface area contributed by atoms with Gasteiger partial charge in [0.15, 0.2) is 6.29 Å². The smallest absolute Gasteiger partial charge is 0.408 e. The summed E-state index contributed by atoms with van der Waals surface area (Å²) in [6.45, 7) is 5.50. The van der Waals surface area contributed by atoms with Crippen LogP contribution in [0.25, 0.3) is 0 Å². The summed E-state index contributed by atoms with van der Waals surface area (Å²) < 4.78 is 18.4. The number of alkyl carbamates (subject to hydrolysis) is 1. The molecule has 0 aromatic heterocycles. The van der Waals surface area contributed by atoms with E-state index in [9.17, 15) is 19.5 Å². The van der Waals surface area contributed by atoms with Gasteiger partial charge in [-0.15, -0.1) is 6.58 Å². The molecule has 2 heterocycles. The molecule has 48 heavy (non-hydrogen) atoms. The predicted octanol–water partition coefficient (Wildman–Crippen LogP) is 5.71. The Morgan fingerprint density at radius 2 is 1.75 bits per heavy atom. The van der Waals surface area contributed by atoms with Crippen LogP contribution in [0.3, 0.4) is 0 Å². The first-order valence-electron chi connectivity index (χ1n) is 16.7. The normalized spacial score (nSPS) is 23.1. The number of benzene rings is 3. The Kier molecular flexibility index (Phi) is 11.0. The second-order valence-electron chi connectivity index (χ2n) is 12.7. The maximum absolute atomic E-state index is 13.4. The Balaban J connectivity index is 1.18. The van der Waals surface area contributed by atoms with E-state index >= 15 is 0 Å². The van der Waals surface area contributed by atoms with Gasteiger partial charge in [0, 0.05) is 31.1 Å². The SMILES string of the molecule is C=CCN(CC1CC(c2ccc(CO)cc2)OC(c2cccc(N3C(=O)CC(NC(=O)OCc4ccccc4)C3=O)c2)O1)C1CCCC1. The molecule has 0 radical (unpaired) electrons. The van der Waals surface area contributed by atoms with Gasteiger partial charge in [-0.25, -0.2) is 9.69 Å². The fraction of sp³-hybridized carbons (Fsp3) is 0.395. The van der Waals surface area contributed by atoms with E-state index in [1.165, 1.54) is 12.8 Å². The van der Waals surface area contributed by atoms with E-state index < -0.39 is 30.2 Å². The molecule has 0 bridgehead atoms. The summed E-state index contributed by atoms with van der Waals surface area (Å²) in [5, 5.41) is 12.1. The monoisotopic (exact) mass is 653 g/mol. The average Bonchev–Trinajstić information content (AvgIpc) is 3.75. The zero-order valence-corrected chi connectivity index (χ0v) is 27.0. The van der Waals surface area contributed by atoms with Gasteiger partial charge in [-0.1, -0.05) is 85.6 Å². The molecular formula is C38H43N3O7. The molecule has 1 aliphatic carbocycles. The van der Waals surface area contributed by atoms with Gasteiger partial charge in [0.05, 0.1) is 30.9 Å². The minimum Gasteiger partial charge on any atom is -0.445 e. The van der Waals surface area contributed by atoms with Crippen molar-refractivity contribution in [2.75, 3.05) is 18.0 Å². The first kappa shape index (κ1) is 33.5. The number of rotatable bonds is 12. The number of nitrogens with zero attached hydrogens (tertiary/aromatic N) is 2. The third-order valence-electron chi connectivity index (χ3n) is 9.31. The number of carbonyl (C=O) groups excluding carboxylic acids is 3. The maximum atomic E-state index is 13.4. The Hall–Kier alpha value is -4.35. The molecule has 2 saturated heterocycles. The lowest BCUT2D eigenvalue weighted by molar-refractivity contribution is -0.253. The first-order chi connectivity index (χ1) is 23.4. The maximum Gasteiger partial charge on any atom is 0.408 e. The van der Waals surface area contributed by atoms with Crippen LogP contribution >= 0.6 is 0 Å². The molecule has 6 rings (SSSR count). The van der Waals surface area contributed by atoms with Crippen molar-refractivity contribution in [2.45, 2.75) is 82.3 Å². The molecule has 0 spiro atoms. The summed E-state index contributed by atoms with van der Waals surface area (Å²) >= 11 is 0. The number of carbonyl (C=O) groups is 3. The summed E-state index contributed by atoms with van der Waals surface area (Å²) in [6, 6.07) is 23.5. The zero-order chi connectivity index (χ0) is 33.5. The highest BCUT2D eigenvalue weighted by Gasteiger charge is 2.41. The third kappa shape index (κ3) is 8.02. The lowest BCUT2D eigenvalue weighted by Gasteiger charge is -2.39. The number of aliphatic hydroxyl groups is 1. The van der Waals surface area contributed by atoms with E-state index in [4.69, 9.17) is 14.2 Å². The molecule has 252 valence electrons. The molecule has 3 amide bonds. The molecule has 3 aromatic rings. The highest BCUT2D eigenvalue weighted by molar-refractivity contribution is 6.22. The van der Waals surface area contributed by atoms with Gasteiger partial charge in [0.2, 0.25) is 5.91 Å². The van der Waals surface area contributed by atoms with E-state index in [0.717, 1.165) is 47.5 Å². The standard InChI is InChI=1S/C38H43N3O7/c1-2-19-40(30-12-6-7-13-30)23-32-21-34(28-17-15-26(24-42)16-18-28)48-37(47-32)29-11-8-14-31(20-29)41-35(43)22-33(36(41)44)39-38(45)46-25-27-9-4-3-5-10-27/h2-5,8-11,14-18,20,30,32-34,37,42H,1,6-7,12-13,19,21-25H2,(H,39,45). The number of hydrogen-bond acceptors (Lipinski definition) is 8. The van der Waals surface area contributed by atoms with E-state index in [0.29, 0.717) is 23.7 Å². The number of anilines is 1. The number of amides is 3. The van der Waals surface area contributed by atoms with Crippen LogP contribution in [0.15, 0.2) is 91.5 Å². The molecule has 4 atom stereocenters. The number of imide groups is 1. The molecule has 2 N–H and O–H groups in total. The Morgan fingerprint density at radius 3 is 2.48 bits per heavy atom. The summed E-state index contributed by atoms with van der Waals surface area (Å²) in [7, 11) is 0. The first-order valence-corrected chi connectivity index (χ1v) is 16.7. The van der Waals surface area contributed by atoms with Gasteiger partial charge in [-0.05, 0) is 41.7 Å². The number of ether oxygens (including phenoxy) is 3. The minimum atomic E-state index is -1.03. The van der Waals surface area contributed by atoms with Crippen LogP contribution in [0.5, 0.6) is 0 Å². The molecule has 4 unspecified atom stereocenters. The van der Waals surface area contributed by atoms with Gasteiger partial charge >= 0.3 is 6.09 Å². The Bertz CT molecular complexity index is 1570. The van der Waals surface area contributed by atoms with Gasteiger partial charge in [-0.3, -0.25) is 14.5 Å². The highest BCUT2D eigenvalue weighted by atomic mass is 16.7. The summed E-state index contributed by atoms with van der Waals surface area (Å²) in [5.74, 6) is -0.956. The lowest BCUT2D eigenvalue weighted by Crippen LogP contribution is -2.43. The summed E-state index contributed by atoms with van der Waals surface area (Å²) in [6.07, 6.45) is 5.24. The van der Waals surface area contributed by atoms with Crippen molar-refractivity contribution in [1.82, 2.24) is 10.2 Å².